The van der Waals surface area contributed by atoms with Crippen molar-refractivity contribution in [3.8, 4) is 11.5 Å². The van der Waals surface area contributed by atoms with E-state index in [1.807, 2.05) is 6.21 Å². The van der Waals surface area contributed by atoms with E-state index in [4.69, 9.17) is 32.7 Å². The monoisotopic (exact) mass is 595 g/mol. The van der Waals surface area contributed by atoms with Crippen molar-refractivity contribution < 1.29 is 19.1 Å². The van der Waals surface area contributed by atoms with Crippen LogP contribution in [-0.2, 0) is 4.79 Å². The van der Waals surface area contributed by atoms with Gasteiger partial charge in [-0.1, -0.05) is 41.9 Å². The van der Waals surface area contributed by atoms with Crippen molar-refractivity contribution in [1.29, 1.82) is 0 Å². The number of amides is 3. The Bertz CT molecular complexity index is 1500. The largest absolute Gasteiger partial charge is 0.495 e. The highest BCUT2D eigenvalue weighted by Gasteiger charge is 2.25. The summed E-state index contributed by atoms with van der Waals surface area (Å²) in [6.45, 7) is 3.67. The molecule has 13 heteroatoms. The highest BCUT2D eigenvalue weighted by atomic mass is 35.5. The Kier molecular flexibility index (Phi) is 9.77. The fourth-order valence-corrected chi connectivity index (χ4v) is 4.48. The Morgan fingerprint density at radius 2 is 1.76 bits per heavy atom. The van der Waals surface area contributed by atoms with E-state index in [9.17, 15) is 9.59 Å². The molecule has 0 bridgehead atoms. The Morgan fingerprint density at radius 1 is 1.05 bits per heavy atom. The lowest BCUT2D eigenvalue weighted by atomic mass is 10.1. The van der Waals surface area contributed by atoms with E-state index in [-0.39, 0.29) is 45.5 Å². The molecule has 0 saturated carbocycles. The molecule has 1 aliphatic rings. The van der Waals surface area contributed by atoms with E-state index in [1.54, 1.807) is 36.5 Å². The van der Waals surface area contributed by atoms with E-state index in [0.717, 1.165) is 12.0 Å². The average molecular weight is 596 g/mol. The Labute approximate surface area is 246 Å². The Balaban J connectivity index is 1.68. The lowest BCUT2D eigenvalue weighted by Gasteiger charge is -2.25. The van der Waals surface area contributed by atoms with E-state index < -0.39 is 6.03 Å². The average Bonchev–Trinajstić information content (AvgIpc) is 2.99. The second-order valence-electron chi connectivity index (χ2n) is 8.58. The zero-order valence-corrected chi connectivity index (χ0v) is 23.8. The van der Waals surface area contributed by atoms with Crippen molar-refractivity contribution in [3.05, 3.63) is 77.2 Å². The van der Waals surface area contributed by atoms with Crippen LogP contribution < -0.4 is 30.3 Å². The van der Waals surface area contributed by atoms with Crippen LogP contribution in [0.15, 0.2) is 72.1 Å². The molecule has 0 unspecified atom stereocenters. The number of aliphatic imine (C=N–C) groups is 1. The Morgan fingerprint density at radius 3 is 2.39 bits per heavy atom. The van der Waals surface area contributed by atoms with Crippen LogP contribution >= 0.6 is 23.2 Å². The topological polar surface area (TPSA) is 130 Å². The first-order valence-electron chi connectivity index (χ1n) is 12.3. The number of carbonyl (C=O) groups is 2. The zero-order valence-electron chi connectivity index (χ0n) is 22.3. The van der Waals surface area contributed by atoms with Crippen molar-refractivity contribution in [3.63, 3.8) is 0 Å². The number of nitrogens with one attached hydrogen (secondary N) is 3. The minimum atomic E-state index is -0.567. The van der Waals surface area contributed by atoms with Gasteiger partial charge in [-0.15, -0.1) is 0 Å². The number of nitrogens with zero attached hydrogens (tertiary/aromatic N) is 4. The molecule has 0 spiro atoms. The third kappa shape index (κ3) is 7.13. The third-order valence-corrected chi connectivity index (χ3v) is 6.68. The number of rotatable bonds is 10. The maximum absolute atomic E-state index is 13.8. The van der Waals surface area contributed by atoms with Crippen LogP contribution in [0.25, 0.3) is 0 Å². The van der Waals surface area contributed by atoms with Crippen LogP contribution in [0.2, 0.25) is 10.0 Å². The third-order valence-electron chi connectivity index (χ3n) is 5.93. The molecule has 0 atom stereocenters. The van der Waals surface area contributed by atoms with Gasteiger partial charge in [0.2, 0.25) is 5.91 Å². The molecule has 2 aromatic carbocycles. The number of urea groups is 1. The number of aromatic nitrogens is 2. The molecular weight excluding hydrogens is 569 g/mol. The number of benzene rings is 2. The molecular formula is C28H27Cl2N7O4. The van der Waals surface area contributed by atoms with Crippen molar-refractivity contribution in [2.45, 2.75) is 12.8 Å². The number of anilines is 5. The van der Waals surface area contributed by atoms with Gasteiger partial charge in [-0.3, -0.25) is 14.7 Å². The van der Waals surface area contributed by atoms with E-state index >= 15 is 0 Å². The molecule has 3 aromatic rings. The molecule has 11 nitrogen and oxygen atoms in total. The number of hydrogen-bond donors (Lipinski definition) is 3. The molecule has 1 aliphatic heterocycles. The lowest BCUT2D eigenvalue weighted by Crippen LogP contribution is -2.37. The minimum Gasteiger partial charge on any atom is -0.495 e. The maximum atomic E-state index is 13.8. The second-order valence-corrected chi connectivity index (χ2v) is 9.34. The summed E-state index contributed by atoms with van der Waals surface area (Å²) in [5.74, 6) is 0.845. The first-order chi connectivity index (χ1) is 19.8. The maximum Gasteiger partial charge on any atom is 0.327 e. The molecule has 212 valence electrons. The second kappa shape index (κ2) is 13.6. The first kappa shape index (κ1) is 29.4. The standard InChI is InChI=1S/C28H27Cl2N7O4/c1-4-24(38)35-19-10-6-5-9-18(19)34-22-13-23(33-16-32-22)37(15-17-8-7-11-31-14-17)28(39)36-27-25(29)20(40-2)12-21(41-3)26(27)30/h4-6,9-14,16H,1,7-8,15H2,2-3H3,(H,35,38)(H,36,39)(H,32,33,34). The summed E-state index contributed by atoms with van der Waals surface area (Å²) in [4.78, 5) is 40.0. The summed E-state index contributed by atoms with van der Waals surface area (Å²) in [5, 5.41) is 8.91. The number of ether oxygens (including phenoxy) is 2. The van der Waals surface area contributed by atoms with Crippen molar-refractivity contribution >= 4 is 70.1 Å². The lowest BCUT2D eigenvalue weighted by molar-refractivity contribution is -0.111. The fourth-order valence-electron chi connectivity index (χ4n) is 3.88. The highest BCUT2D eigenvalue weighted by Crippen LogP contribution is 2.44. The summed E-state index contributed by atoms with van der Waals surface area (Å²) >= 11 is 13.0. The molecule has 2 heterocycles. The summed E-state index contributed by atoms with van der Waals surface area (Å²) in [7, 11) is 2.89. The van der Waals surface area contributed by atoms with Crippen molar-refractivity contribution in [1.82, 2.24) is 9.97 Å². The van der Waals surface area contributed by atoms with Crippen LogP contribution in [0.5, 0.6) is 11.5 Å². The molecule has 3 amide bonds. The van der Waals surface area contributed by atoms with Crippen LogP contribution in [0.1, 0.15) is 12.8 Å². The molecule has 1 aromatic heterocycles. The number of carbonyl (C=O) groups excluding carboxylic acids is 2. The smallest absolute Gasteiger partial charge is 0.327 e. The van der Waals surface area contributed by atoms with Gasteiger partial charge in [0.1, 0.15) is 39.5 Å². The van der Waals surface area contributed by atoms with Gasteiger partial charge in [-0.05, 0) is 36.6 Å². The molecule has 0 aliphatic carbocycles. The molecule has 4 rings (SSSR count). The van der Waals surface area contributed by atoms with Gasteiger partial charge < -0.3 is 25.4 Å². The normalized spacial score (nSPS) is 12.1. The summed E-state index contributed by atoms with van der Waals surface area (Å²) < 4.78 is 10.6. The predicted octanol–water partition coefficient (Wildman–Crippen LogP) is 6.46. The zero-order chi connectivity index (χ0) is 29.4. The molecule has 0 radical (unpaired) electrons. The van der Waals surface area contributed by atoms with Gasteiger partial charge in [0.25, 0.3) is 0 Å². The van der Waals surface area contributed by atoms with Crippen molar-refractivity contribution in [2.75, 3.05) is 41.6 Å². The van der Waals surface area contributed by atoms with Crippen LogP contribution in [0.4, 0.5) is 33.5 Å². The number of para-hydroxylation sites is 2. The van der Waals surface area contributed by atoms with Crippen LogP contribution in [0, 0.1) is 0 Å². The molecule has 41 heavy (non-hydrogen) atoms. The number of halogens is 2. The minimum absolute atomic E-state index is 0.108. The number of hydrogen-bond acceptors (Lipinski definition) is 8. The fraction of sp³-hybridized carbons (Fsp3) is 0.179. The van der Waals surface area contributed by atoms with Crippen LogP contribution in [-0.4, -0.2) is 48.9 Å². The quantitative estimate of drug-likeness (QED) is 0.229. The number of methoxy groups -OCH3 is 2. The summed E-state index contributed by atoms with van der Waals surface area (Å²) in [6, 6.07) is 9.66. The van der Waals surface area contributed by atoms with Crippen LogP contribution in [0.3, 0.4) is 0 Å². The summed E-state index contributed by atoms with van der Waals surface area (Å²) in [5.41, 5.74) is 2.13. The molecule has 0 saturated heterocycles. The van der Waals surface area contributed by atoms with Gasteiger partial charge in [-0.2, -0.15) is 0 Å². The molecule has 3 N–H and O–H groups in total. The van der Waals surface area contributed by atoms with Crippen molar-refractivity contribution in [2.24, 2.45) is 4.99 Å². The first-order valence-corrected chi connectivity index (χ1v) is 13.1. The highest BCUT2D eigenvalue weighted by molar-refractivity contribution is 6.41. The van der Waals surface area contributed by atoms with Gasteiger partial charge in [0.05, 0.1) is 37.8 Å². The molecule has 0 fully saturated rings. The predicted molar refractivity (Wildman–Crippen MR) is 162 cm³/mol. The Hall–Kier alpha value is -4.61. The van der Waals surface area contributed by atoms with Gasteiger partial charge in [-0.25, -0.2) is 14.8 Å². The van der Waals surface area contributed by atoms with E-state index in [2.05, 4.69) is 37.5 Å². The van der Waals surface area contributed by atoms with Gasteiger partial charge >= 0.3 is 6.03 Å². The van der Waals surface area contributed by atoms with Gasteiger partial charge in [0, 0.05) is 24.5 Å². The summed E-state index contributed by atoms with van der Waals surface area (Å²) in [6.07, 6.45) is 7.49. The van der Waals surface area contributed by atoms with E-state index in [0.29, 0.717) is 23.6 Å². The van der Waals surface area contributed by atoms with E-state index in [1.165, 1.54) is 37.6 Å². The van der Waals surface area contributed by atoms with Gasteiger partial charge in [0.15, 0.2) is 0 Å². The SMILES string of the molecule is C=CC(=O)Nc1ccccc1Nc1cc(N(CC2=CN=CCC2)C(=O)Nc2c(Cl)c(OC)cc(OC)c2Cl)ncn1.